The number of benzene rings is 2. The molecule has 2 heterocycles. The Morgan fingerprint density at radius 2 is 1.81 bits per heavy atom. The number of halogens is 1. The molecule has 4 nitrogen and oxygen atoms in total. The summed E-state index contributed by atoms with van der Waals surface area (Å²) in [7, 11) is 0. The van der Waals surface area contributed by atoms with Crippen LogP contribution in [0.15, 0.2) is 59.3 Å². The van der Waals surface area contributed by atoms with E-state index in [2.05, 4.69) is 57.4 Å². The van der Waals surface area contributed by atoms with Gasteiger partial charge in [0.15, 0.2) is 0 Å². The molecule has 0 atom stereocenters. The van der Waals surface area contributed by atoms with Gasteiger partial charge in [-0.15, -0.1) is 0 Å². The number of fused-ring (bicyclic) bond motifs is 3. The molecule has 27 heavy (non-hydrogen) atoms. The molecule has 136 valence electrons. The van der Waals surface area contributed by atoms with E-state index < -0.39 is 5.54 Å². The zero-order valence-electron chi connectivity index (χ0n) is 15.5. The molecule has 4 aromatic rings. The molecule has 3 N–H and O–H groups in total. The molecule has 0 saturated heterocycles. The van der Waals surface area contributed by atoms with Crippen molar-refractivity contribution in [2.75, 3.05) is 5.32 Å². The van der Waals surface area contributed by atoms with E-state index >= 15 is 0 Å². The number of nitrogens with one attached hydrogen (secondary N) is 1. The average molecular weight is 421 g/mol. The molecule has 5 heteroatoms. The summed E-state index contributed by atoms with van der Waals surface area (Å²) < 4.78 is 1.02. The second-order valence-electron chi connectivity index (χ2n) is 7.42. The Balaban J connectivity index is 1.91. The van der Waals surface area contributed by atoms with Crippen molar-refractivity contribution in [3.8, 4) is 0 Å². The third-order valence-corrected chi connectivity index (χ3v) is 5.29. The Bertz CT molecular complexity index is 1160. The highest BCUT2D eigenvalue weighted by Gasteiger charge is 2.16. The zero-order chi connectivity index (χ0) is 19.2. The highest BCUT2D eigenvalue weighted by Crippen LogP contribution is 2.33. The van der Waals surface area contributed by atoms with Gasteiger partial charge in [-0.1, -0.05) is 28.1 Å². The second kappa shape index (κ2) is 6.59. The van der Waals surface area contributed by atoms with Crippen LogP contribution in [0.4, 0.5) is 11.5 Å². The lowest BCUT2D eigenvalue weighted by Gasteiger charge is -2.21. The lowest BCUT2D eigenvalue weighted by Crippen LogP contribution is -2.28. The van der Waals surface area contributed by atoms with Gasteiger partial charge < -0.3 is 11.1 Å². The number of rotatable bonds is 3. The van der Waals surface area contributed by atoms with Gasteiger partial charge >= 0.3 is 0 Å². The van der Waals surface area contributed by atoms with Crippen molar-refractivity contribution >= 4 is 49.1 Å². The maximum atomic E-state index is 6.29. The molecular formula is C22H21BrN4. The maximum Gasteiger partial charge on any atom is 0.139 e. The number of nitrogens with zero attached hydrogens (tertiary/aromatic N) is 2. The molecule has 0 bridgehead atoms. The molecule has 0 aliphatic carbocycles. The predicted molar refractivity (Wildman–Crippen MR) is 116 cm³/mol. The van der Waals surface area contributed by atoms with Gasteiger partial charge in [0.2, 0.25) is 0 Å². The first-order valence-electron chi connectivity index (χ1n) is 8.83. The van der Waals surface area contributed by atoms with E-state index in [1.807, 2.05) is 38.2 Å². The molecule has 4 rings (SSSR count). The molecular weight excluding hydrogens is 400 g/mol. The summed E-state index contributed by atoms with van der Waals surface area (Å²) in [6.07, 6.45) is 3.69. The fourth-order valence-corrected chi connectivity index (χ4v) is 3.56. The summed E-state index contributed by atoms with van der Waals surface area (Å²) in [5, 5.41) is 6.71. The van der Waals surface area contributed by atoms with E-state index in [0.29, 0.717) is 0 Å². The SMILES string of the molecule is Cc1ccc(C(C)(C)N)cc1Nc1nc2ccc(Br)cc2c2cnccc12. The van der Waals surface area contributed by atoms with Gasteiger partial charge in [-0.3, -0.25) is 4.98 Å². The van der Waals surface area contributed by atoms with Crippen molar-refractivity contribution < 1.29 is 0 Å². The summed E-state index contributed by atoms with van der Waals surface area (Å²) in [6.45, 7) is 6.10. The fraction of sp³-hybridized carbons (Fsp3) is 0.182. The summed E-state index contributed by atoms with van der Waals surface area (Å²) >= 11 is 3.55. The van der Waals surface area contributed by atoms with Crippen molar-refractivity contribution in [3.63, 3.8) is 0 Å². The van der Waals surface area contributed by atoms with Gasteiger partial charge in [-0.2, -0.15) is 0 Å². The Morgan fingerprint density at radius 3 is 2.59 bits per heavy atom. The molecule has 2 aromatic carbocycles. The monoisotopic (exact) mass is 420 g/mol. The van der Waals surface area contributed by atoms with Crippen LogP contribution in [0.5, 0.6) is 0 Å². The van der Waals surface area contributed by atoms with E-state index in [1.165, 1.54) is 0 Å². The first-order chi connectivity index (χ1) is 12.8. The van der Waals surface area contributed by atoms with Crippen molar-refractivity contribution in [3.05, 3.63) is 70.5 Å². The van der Waals surface area contributed by atoms with E-state index in [1.54, 1.807) is 6.20 Å². The van der Waals surface area contributed by atoms with Gasteiger partial charge in [-0.05, 0) is 62.2 Å². The highest BCUT2D eigenvalue weighted by molar-refractivity contribution is 9.10. The first kappa shape index (κ1) is 17.9. The molecule has 0 amide bonds. The van der Waals surface area contributed by atoms with Gasteiger partial charge in [0, 0.05) is 44.3 Å². The Kier molecular flexibility index (Phi) is 4.36. The third-order valence-electron chi connectivity index (χ3n) is 4.79. The molecule has 0 unspecified atom stereocenters. The van der Waals surface area contributed by atoms with E-state index in [0.717, 1.165) is 48.8 Å². The molecule has 0 aliphatic heterocycles. The standard InChI is InChI=1S/C22H21BrN4/c1-13-4-5-14(22(2,3)24)10-20(13)27-21-16-8-9-25-12-18(16)17-11-15(23)6-7-19(17)26-21/h4-12H,24H2,1-3H3,(H,26,27). The van der Waals surface area contributed by atoms with E-state index in [9.17, 15) is 0 Å². The highest BCUT2D eigenvalue weighted by atomic mass is 79.9. The van der Waals surface area contributed by atoms with E-state index in [4.69, 9.17) is 10.7 Å². The molecule has 0 aliphatic rings. The van der Waals surface area contributed by atoms with Crippen LogP contribution in [0.25, 0.3) is 21.7 Å². The van der Waals surface area contributed by atoms with Crippen LogP contribution in [0.1, 0.15) is 25.0 Å². The predicted octanol–water partition coefficient (Wildman–Crippen LogP) is 5.79. The number of anilines is 2. The first-order valence-corrected chi connectivity index (χ1v) is 9.62. The van der Waals surface area contributed by atoms with Crippen LogP contribution < -0.4 is 11.1 Å². The summed E-state index contributed by atoms with van der Waals surface area (Å²) in [5.41, 5.74) is 10.0. The van der Waals surface area contributed by atoms with Gasteiger partial charge in [0.1, 0.15) is 5.82 Å². The van der Waals surface area contributed by atoms with Crippen molar-refractivity contribution in [2.24, 2.45) is 5.73 Å². The van der Waals surface area contributed by atoms with Crippen LogP contribution in [0.3, 0.4) is 0 Å². The summed E-state index contributed by atoms with van der Waals surface area (Å²) in [5.74, 6) is 0.817. The van der Waals surface area contributed by atoms with E-state index in [-0.39, 0.29) is 0 Å². The van der Waals surface area contributed by atoms with Crippen LogP contribution >= 0.6 is 15.9 Å². The molecule has 0 fully saturated rings. The van der Waals surface area contributed by atoms with Crippen molar-refractivity contribution in [2.45, 2.75) is 26.3 Å². The third kappa shape index (κ3) is 3.40. The van der Waals surface area contributed by atoms with Crippen LogP contribution in [0.2, 0.25) is 0 Å². The van der Waals surface area contributed by atoms with Gasteiger partial charge in [0.05, 0.1) is 5.52 Å². The minimum atomic E-state index is -0.404. The molecule has 0 radical (unpaired) electrons. The smallest absolute Gasteiger partial charge is 0.139 e. The number of nitrogens with two attached hydrogens (primary N) is 1. The van der Waals surface area contributed by atoms with Crippen molar-refractivity contribution in [1.82, 2.24) is 9.97 Å². The van der Waals surface area contributed by atoms with Crippen LogP contribution in [-0.2, 0) is 5.54 Å². The number of aryl methyl sites for hydroxylation is 1. The molecule has 0 saturated carbocycles. The van der Waals surface area contributed by atoms with Crippen LogP contribution in [0, 0.1) is 6.92 Å². The molecule has 0 spiro atoms. The minimum Gasteiger partial charge on any atom is -0.339 e. The number of pyridine rings is 2. The average Bonchev–Trinajstić information content (AvgIpc) is 2.63. The number of aromatic nitrogens is 2. The zero-order valence-corrected chi connectivity index (χ0v) is 17.1. The summed E-state index contributed by atoms with van der Waals surface area (Å²) in [4.78, 5) is 9.20. The number of hydrogen-bond acceptors (Lipinski definition) is 4. The van der Waals surface area contributed by atoms with Gasteiger partial charge in [-0.25, -0.2) is 4.98 Å². The normalized spacial score (nSPS) is 11.9. The lowest BCUT2D eigenvalue weighted by atomic mass is 9.94. The van der Waals surface area contributed by atoms with Gasteiger partial charge in [0.25, 0.3) is 0 Å². The largest absolute Gasteiger partial charge is 0.339 e. The Morgan fingerprint density at radius 1 is 1.00 bits per heavy atom. The summed E-state index contributed by atoms with van der Waals surface area (Å²) in [6, 6.07) is 14.4. The number of hydrogen-bond donors (Lipinski definition) is 2. The lowest BCUT2D eigenvalue weighted by molar-refractivity contribution is 0.554. The van der Waals surface area contributed by atoms with Crippen LogP contribution in [-0.4, -0.2) is 9.97 Å². The quantitative estimate of drug-likeness (QED) is 0.411. The Hall–Kier alpha value is -2.50. The van der Waals surface area contributed by atoms with Crippen molar-refractivity contribution in [1.29, 1.82) is 0 Å². The minimum absolute atomic E-state index is 0.404. The fourth-order valence-electron chi connectivity index (χ4n) is 3.20. The second-order valence-corrected chi connectivity index (χ2v) is 8.34. The topological polar surface area (TPSA) is 63.8 Å². The maximum absolute atomic E-state index is 6.29. The Labute approximate surface area is 167 Å². The molecule has 2 aromatic heterocycles.